The van der Waals surface area contributed by atoms with E-state index in [1.807, 2.05) is 17.1 Å². The van der Waals surface area contributed by atoms with Gasteiger partial charge < -0.3 is 4.90 Å². The van der Waals surface area contributed by atoms with E-state index in [9.17, 15) is 0 Å². The van der Waals surface area contributed by atoms with E-state index in [1.54, 1.807) is 6.34 Å². The summed E-state index contributed by atoms with van der Waals surface area (Å²) in [5.41, 5.74) is 0.839. The molecule has 0 atom stereocenters. The summed E-state index contributed by atoms with van der Waals surface area (Å²) in [4.78, 5) is 14.5. The van der Waals surface area contributed by atoms with Crippen LogP contribution in [0.1, 0.15) is 0 Å². The highest BCUT2D eigenvalue weighted by Crippen LogP contribution is 2.30. The second-order valence-corrected chi connectivity index (χ2v) is 3.28. The highest BCUT2D eigenvalue weighted by Gasteiger charge is 2.24. The molecule has 0 saturated carbocycles. The molecule has 5 nitrogen and oxygen atoms in total. The minimum Gasteiger partial charge on any atom is -0.346 e. The van der Waals surface area contributed by atoms with Crippen LogP contribution in [0.3, 0.4) is 0 Å². The van der Waals surface area contributed by atoms with E-state index in [0.29, 0.717) is 18.9 Å². The molecule has 1 N–H and O–H groups in total. The highest BCUT2D eigenvalue weighted by molar-refractivity contribution is 5.93. The number of rotatable bonds is 5. The largest absolute Gasteiger partial charge is 0.346 e. The normalized spacial score (nSPS) is 11.8. The third kappa shape index (κ3) is 1.79. The van der Waals surface area contributed by atoms with Crippen LogP contribution in [0.5, 0.6) is 0 Å². The minimum atomic E-state index is 0.670. The second kappa shape index (κ2) is 4.57. The maximum absolute atomic E-state index is 4.26. The summed E-state index contributed by atoms with van der Waals surface area (Å²) in [5, 5.41) is 3.04. The van der Waals surface area contributed by atoms with Crippen LogP contribution in [0.15, 0.2) is 31.6 Å². The monoisotopic (exact) mass is 215 g/mol. The zero-order valence-electron chi connectivity index (χ0n) is 8.93. The summed E-state index contributed by atoms with van der Waals surface area (Å²) >= 11 is 0. The first kappa shape index (κ1) is 10.4. The van der Waals surface area contributed by atoms with Gasteiger partial charge >= 0.3 is 5.82 Å². The van der Waals surface area contributed by atoms with Crippen LogP contribution >= 0.6 is 0 Å². The molecule has 0 amide bonds. The fourth-order valence-electron chi connectivity index (χ4n) is 1.55. The fourth-order valence-corrected chi connectivity index (χ4v) is 1.55. The van der Waals surface area contributed by atoms with Gasteiger partial charge in [0.15, 0.2) is 12.1 Å². The van der Waals surface area contributed by atoms with E-state index in [2.05, 4.69) is 33.4 Å². The molecule has 1 radical (unpaired) electrons. The molecule has 1 aromatic heterocycles. The average Bonchev–Trinajstić information content (AvgIpc) is 2.76. The molecular weight excluding hydrogens is 202 g/mol. The van der Waals surface area contributed by atoms with Crippen molar-refractivity contribution in [2.45, 2.75) is 0 Å². The third-order valence-corrected chi connectivity index (χ3v) is 2.20. The van der Waals surface area contributed by atoms with Gasteiger partial charge in [0, 0.05) is 13.1 Å². The average molecular weight is 215 g/mol. The van der Waals surface area contributed by atoms with Gasteiger partial charge in [-0.25, -0.2) is 0 Å². The molecule has 0 spiro atoms. The van der Waals surface area contributed by atoms with Gasteiger partial charge in [-0.05, 0) is 0 Å². The summed E-state index contributed by atoms with van der Waals surface area (Å²) in [6.07, 6.45) is 6.78. The van der Waals surface area contributed by atoms with E-state index >= 15 is 0 Å². The van der Waals surface area contributed by atoms with Crippen molar-refractivity contribution < 1.29 is 0 Å². The predicted octanol–water partition coefficient (Wildman–Crippen LogP) is 1.08. The quantitative estimate of drug-likeness (QED) is 0.747. The Morgan fingerprint density at radius 1 is 1.31 bits per heavy atom. The van der Waals surface area contributed by atoms with Crippen LogP contribution < -0.4 is 15.2 Å². The van der Waals surface area contributed by atoms with Crippen LogP contribution in [0.4, 0.5) is 17.3 Å². The number of nitrogens with one attached hydrogen (secondary N) is 1. The van der Waals surface area contributed by atoms with Gasteiger partial charge in [-0.3, -0.25) is 5.32 Å². The molecule has 1 aliphatic rings. The van der Waals surface area contributed by atoms with Crippen molar-refractivity contribution in [2.24, 2.45) is 0 Å². The molecule has 2 rings (SSSR count). The SMILES string of the molecule is C=CCN(CC=C)c1ncnc2c1NC=[N+]2. The van der Waals surface area contributed by atoms with Gasteiger partial charge in [0.05, 0.1) is 0 Å². The van der Waals surface area contributed by atoms with Crippen LogP contribution in [-0.2, 0) is 0 Å². The molecule has 0 aliphatic carbocycles. The van der Waals surface area contributed by atoms with Crippen molar-refractivity contribution in [2.75, 3.05) is 23.3 Å². The summed E-state index contributed by atoms with van der Waals surface area (Å²) in [5.74, 6) is 1.49. The predicted molar refractivity (Wildman–Crippen MR) is 66.1 cm³/mol. The Balaban J connectivity index is 2.34. The molecule has 2 heterocycles. The number of hydrogen-bond acceptors (Lipinski definition) is 5. The first-order valence-electron chi connectivity index (χ1n) is 4.97. The lowest BCUT2D eigenvalue weighted by atomic mass is 10.3. The summed E-state index contributed by atoms with van der Waals surface area (Å²) in [6.45, 7) is 8.87. The Hall–Kier alpha value is -2.17. The Morgan fingerprint density at radius 2 is 2.06 bits per heavy atom. The zero-order valence-corrected chi connectivity index (χ0v) is 8.93. The maximum Gasteiger partial charge on any atom is 0.341 e. The van der Waals surface area contributed by atoms with Crippen molar-refractivity contribution in [1.82, 2.24) is 15.0 Å². The van der Waals surface area contributed by atoms with Gasteiger partial charge in [-0.15, -0.1) is 13.2 Å². The van der Waals surface area contributed by atoms with Crippen molar-refractivity contribution in [3.05, 3.63) is 31.6 Å². The first-order chi connectivity index (χ1) is 7.86. The highest BCUT2D eigenvalue weighted by atomic mass is 15.2. The third-order valence-electron chi connectivity index (χ3n) is 2.20. The van der Waals surface area contributed by atoms with Gasteiger partial charge in [0.2, 0.25) is 12.0 Å². The second-order valence-electron chi connectivity index (χ2n) is 3.28. The molecule has 0 saturated heterocycles. The zero-order chi connectivity index (χ0) is 11.4. The van der Waals surface area contributed by atoms with E-state index in [0.717, 1.165) is 11.5 Å². The van der Waals surface area contributed by atoms with Crippen molar-refractivity contribution in [3.8, 4) is 0 Å². The number of anilines is 2. The molecule has 81 valence electrons. The van der Waals surface area contributed by atoms with E-state index in [4.69, 9.17) is 0 Å². The summed E-state index contributed by atoms with van der Waals surface area (Å²) in [6, 6.07) is 0. The number of aromatic nitrogens is 2. The van der Waals surface area contributed by atoms with Gasteiger partial charge in [0.1, 0.15) is 0 Å². The summed E-state index contributed by atoms with van der Waals surface area (Å²) in [7, 11) is 0. The van der Waals surface area contributed by atoms with Crippen molar-refractivity contribution in [3.63, 3.8) is 0 Å². The molecule has 16 heavy (non-hydrogen) atoms. The molecular formula is C11H13N5+. The number of hydrogen-bond donors (Lipinski definition) is 1. The Morgan fingerprint density at radius 3 is 2.75 bits per heavy atom. The van der Waals surface area contributed by atoms with Gasteiger partial charge in [-0.2, -0.15) is 4.98 Å². The summed E-state index contributed by atoms with van der Waals surface area (Å²) < 4.78 is 0. The number of nitrogens with zero attached hydrogens (tertiary/aromatic N) is 4. The molecule has 1 aromatic rings. The first-order valence-corrected chi connectivity index (χ1v) is 4.97. The molecule has 1 aliphatic heterocycles. The topological polar surface area (TPSA) is 55.2 Å². The number of fused-ring (bicyclic) bond motifs is 1. The van der Waals surface area contributed by atoms with Crippen LogP contribution in [0.2, 0.25) is 0 Å². The lowest BCUT2D eigenvalue weighted by molar-refractivity contribution is 0.920. The standard InChI is InChI=1S/C11H13N5/c1-3-5-16(6-4-2)11-9-10(13-7-12-9)14-8-15-11/h3-4,7-8,12H,1-2,5-6H2/q+1. The lowest BCUT2D eigenvalue weighted by Crippen LogP contribution is -2.25. The van der Waals surface area contributed by atoms with Crippen LogP contribution in [-0.4, -0.2) is 29.4 Å². The Labute approximate surface area is 94.2 Å². The maximum atomic E-state index is 4.26. The smallest absolute Gasteiger partial charge is 0.341 e. The Bertz CT molecular complexity index is 428. The molecule has 0 unspecified atom stereocenters. The van der Waals surface area contributed by atoms with E-state index < -0.39 is 0 Å². The molecule has 0 aromatic carbocycles. The van der Waals surface area contributed by atoms with Gasteiger partial charge in [-0.1, -0.05) is 22.1 Å². The number of aliphatic imine (C=N–C) groups is 1. The van der Waals surface area contributed by atoms with Gasteiger partial charge in [0.25, 0.3) is 0 Å². The van der Waals surface area contributed by atoms with E-state index in [-0.39, 0.29) is 0 Å². The molecule has 5 heteroatoms. The fraction of sp³-hybridized carbons (Fsp3) is 0.182. The van der Waals surface area contributed by atoms with E-state index in [1.165, 1.54) is 6.33 Å². The molecule has 0 bridgehead atoms. The lowest BCUT2D eigenvalue weighted by Gasteiger charge is -2.20. The molecule has 0 fully saturated rings. The van der Waals surface area contributed by atoms with Crippen molar-refractivity contribution >= 4 is 23.7 Å². The van der Waals surface area contributed by atoms with Crippen LogP contribution in [0.25, 0.3) is 0 Å². The Kier molecular flexibility index (Phi) is 2.95. The van der Waals surface area contributed by atoms with Crippen LogP contribution in [0, 0.1) is 0 Å². The van der Waals surface area contributed by atoms with Crippen molar-refractivity contribution in [1.29, 1.82) is 0 Å². The minimum absolute atomic E-state index is 0.670.